The van der Waals surface area contributed by atoms with Gasteiger partial charge in [-0.3, -0.25) is 14.6 Å². The van der Waals surface area contributed by atoms with Gasteiger partial charge in [-0.25, -0.2) is 4.79 Å². The van der Waals surface area contributed by atoms with Crippen molar-refractivity contribution in [2.24, 2.45) is 0 Å². The maximum atomic E-state index is 14.6. The number of rotatable bonds is 10. The molecule has 0 spiro atoms. The van der Waals surface area contributed by atoms with Gasteiger partial charge in [-0.05, 0) is 66.4 Å². The number of carbonyl (C=O) groups excluding carboxylic acids is 3. The van der Waals surface area contributed by atoms with Crippen molar-refractivity contribution < 1.29 is 28.6 Å². The van der Waals surface area contributed by atoms with Crippen LogP contribution >= 0.6 is 23.2 Å². The lowest BCUT2D eigenvalue weighted by atomic mass is 9.88. The van der Waals surface area contributed by atoms with E-state index in [1.807, 2.05) is 19.1 Å². The van der Waals surface area contributed by atoms with Crippen molar-refractivity contribution in [1.29, 1.82) is 0 Å². The molecule has 0 radical (unpaired) electrons. The van der Waals surface area contributed by atoms with Gasteiger partial charge in [-0.2, -0.15) is 0 Å². The van der Waals surface area contributed by atoms with E-state index in [1.54, 1.807) is 67.8 Å². The Hall–Kier alpha value is -3.46. The predicted molar refractivity (Wildman–Crippen MR) is 154 cm³/mol. The summed E-state index contributed by atoms with van der Waals surface area (Å²) in [6.07, 6.45) is 0.892. The van der Waals surface area contributed by atoms with Crippen LogP contribution in [-0.2, 0) is 28.6 Å². The van der Waals surface area contributed by atoms with Gasteiger partial charge in [0, 0.05) is 29.4 Å². The summed E-state index contributed by atoms with van der Waals surface area (Å²) in [5.74, 6) is -1.62. The number of carbonyl (C=O) groups is 3. The summed E-state index contributed by atoms with van der Waals surface area (Å²) in [7, 11) is 0. The van der Waals surface area contributed by atoms with Crippen LogP contribution in [0.15, 0.2) is 73.1 Å². The van der Waals surface area contributed by atoms with E-state index < -0.39 is 48.2 Å². The summed E-state index contributed by atoms with van der Waals surface area (Å²) in [4.78, 5) is 45.9. The van der Waals surface area contributed by atoms with Crippen LogP contribution in [0.5, 0.6) is 0 Å². The fourth-order valence-corrected chi connectivity index (χ4v) is 5.35. The van der Waals surface area contributed by atoms with Crippen LogP contribution in [0.4, 0.5) is 0 Å². The van der Waals surface area contributed by atoms with E-state index in [9.17, 15) is 14.4 Å². The Kier molecular flexibility index (Phi) is 10.4. The molecule has 1 fully saturated rings. The largest absolute Gasteiger partial charge is 0.464 e. The van der Waals surface area contributed by atoms with E-state index >= 15 is 0 Å². The third kappa shape index (κ3) is 7.07. The summed E-state index contributed by atoms with van der Waals surface area (Å²) in [5, 5.41) is 1.05. The second-order valence-corrected chi connectivity index (χ2v) is 10.5. The van der Waals surface area contributed by atoms with Gasteiger partial charge in [0.25, 0.3) is 5.91 Å². The molecular formula is C31H32Cl2N2O6. The fraction of sp³-hybridized carbons (Fsp3) is 0.355. The maximum Gasteiger partial charge on any atom is 0.328 e. The number of amides is 1. The zero-order chi connectivity index (χ0) is 29.5. The minimum atomic E-state index is -1.28. The van der Waals surface area contributed by atoms with Crippen molar-refractivity contribution in [3.05, 3.63) is 99.8 Å². The second-order valence-electron chi connectivity index (χ2n) is 9.64. The van der Waals surface area contributed by atoms with Gasteiger partial charge in [-0.15, -0.1) is 0 Å². The van der Waals surface area contributed by atoms with E-state index in [2.05, 4.69) is 4.98 Å². The van der Waals surface area contributed by atoms with Crippen LogP contribution in [0.1, 0.15) is 68.6 Å². The lowest BCUT2D eigenvalue weighted by molar-refractivity contribution is -0.203. The molecule has 2 heterocycles. The quantitative estimate of drug-likeness (QED) is 0.248. The van der Waals surface area contributed by atoms with E-state index in [4.69, 9.17) is 37.4 Å². The van der Waals surface area contributed by atoms with Gasteiger partial charge >= 0.3 is 11.9 Å². The number of halogens is 2. The lowest BCUT2D eigenvalue weighted by Gasteiger charge is -2.48. The Labute approximate surface area is 249 Å². The van der Waals surface area contributed by atoms with Crippen LogP contribution < -0.4 is 0 Å². The number of benzene rings is 2. The number of hydrogen-bond donors (Lipinski definition) is 0. The predicted octanol–water partition coefficient (Wildman–Crippen LogP) is 6.43. The molecule has 1 amide bonds. The summed E-state index contributed by atoms with van der Waals surface area (Å²) in [6.45, 7) is 5.07. The Bertz CT molecular complexity index is 1340. The molecule has 0 N–H and O–H groups in total. The monoisotopic (exact) mass is 598 g/mol. The first-order valence-corrected chi connectivity index (χ1v) is 14.2. The molecule has 41 heavy (non-hydrogen) atoms. The van der Waals surface area contributed by atoms with E-state index in [-0.39, 0.29) is 6.61 Å². The summed E-state index contributed by atoms with van der Waals surface area (Å²) in [6, 6.07) is 15.8. The Balaban J connectivity index is 1.94. The lowest BCUT2D eigenvalue weighted by Crippen LogP contribution is -2.58. The van der Waals surface area contributed by atoms with Crippen LogP contribution in [0.3, 0.4) is 0 Å². The number of hydrogen-bond acceptors (Lipinski definition) is 7. The van der Waals surface area contributed by atoms with Gasteiger partial charge in [0.05, 0.1) is 12.6 Å². The Morgan fingerprint density at radius 2 is 1.54 bits per heavy atom. The highest BCUT2D eigenvalue weighted by molar-refractivity contribution is 6.30. The van der Waals surface area contributed by atoms with E-state index in [0.717, 1.165) is 0 Å². The molecule has 1 aromatic heterocycles. The summed E-state index contributed by atoms with van der Waals surface area (Å²) < 4.78 is 17.8. The average Bonchev–Trinajstić information content (AvgIpc) is 2.96. The number of morpholine rings is 1. The van der Waals surface area contributed by atoms with Crippen LogP contribution in [-0.4, -0.2) is 46.5 Å². The average molecular weight is 600 g/mol. The number of esters is 2. The van der Waals surface area contributed by atoms with E-state index in [1.165, 1.54) is 11.8 Å². The zero-order valence-corrected chi connectivity index (χ0v) is 24.5. The molecule has 4 unspecified atom stereocenters. The number of pyridine rings is 1. The van der Waals surface area contributed by atoms with Gasteiger partial charge in [-0.1, -0.05) is 60.8 Å². The van der Waals surface area contributed by atoms with Crippen molar-refractivity contribution in [2.75, 3.05) is 6.61 Å². The van der Waals surface area contributed by atoms with Crippen LogP contribution in [0, 0.1) is 0 Å². The molecule has 8 nitrogen and oxygen atoms in total. The molecule has 10 heteroatoms. The standard InChI is InChI=1S/C31H32Cl2N2O6/c1-4-6-25(31(38)39-5-2)35-26(20-7-11-23(32)12-8-20)27(21-9-13-24(33)14-10-21)41-29(30(35)37)28(40-19(3)36)22-15-17-34-18-16-22/h7-18,25-29H,4-6H2,1-3H3/t25?,26?,27?,28?,29-/m0/s1. The molecule has 0 aliphatic carbocycles. The number of aromatic nitrogens is 1. The topological polar surface area (TPSA) is 95.0 Å². The fourth-order valence-electron chi connectivity index (χ4n) is 5.10. The van der Waals surface area contributed by atoms with Gasteiger partial charge in [0.15, 0.2) is 12.2 Å². The molecule has 0 bridgehead atoms. The van der Waals surface area contributed by atoms with Crippen molar-refractivity contribution in [3.8, 4) is 0 Å². The highest BCUT2D eigenvalue weighted by Gasteiger charge is 2.52. The molecule has 216 valence electrons. The Morgan fingerprint density at radius 1 is 0.951 bits per heavy atom. The van der Waals surface area contributed by atoms with Gasteiger partial charge < -0.3 is 19.1 Å². The minimum Gasteiger partial charge on any atom is -0.464 e. The minimum absolute atomic E-state index is 0.153. The highest BCUT2D eigenvalue weighted by atomic mass is 35.5. The third-order valence-electron chi connectivity index (χ3n) is 6.85. The second kappa shape index (κ2) is 13.9. The van der Waals surface area contributed by atoms with Crippen molar-refractivity contribution in [2.45, 2.75) is 64.0 Å². The van der Waals surface area contributed by atoms with Crippen LogP contribution in [0.2, 0.25) is 10.0 Å². The molecule has 1 saturated heterocycles. The van der Waals surface area contributed by atoms with Gasteiger partial charge in [0.1, 0.15) is 12.1 Å². The first-order chi connectivity index (χ1) is 19.7. The van der Waals surface area contributed by atoms with Gasteiger partial charge in [0.2, 0.25) is 0 Å². The van der Waals surface area contributed by atoms with E-state index in [0.29, 0.717) is 39.6 Å². The molecule has 0 saturated carbocycles. The number of ether oxygens (including phenoxy) is 3. The first-order valence-electron chi connectivity index (χ1n) is 13.5. The zero-order valence-electron chi connectivity index (χ0n) is 23.0. The highest BCUT2D eigenvalue weighted by Crippen LogP contribution is 2.46. The molecule has 5 atom stereocenters. The third-order valence-corrected chi connectivity index (χ3v) is 7.35. The molecule has 1 aliphatic rings. The molecule has 1 aliphatic heterocycles. The molecule has 2 aromatic carbocycles. The van der Waals surface area contributed by atoms with Crippen molar-refractivity contribution in [3.63, 3.8) is 0 Å². The SMILES string of the molecule is CCCC(C(=O)OCC)N1C(=O)[C@H](C(OC(C)=O)c2ccncc2)OC(c2ccc(Cl)cc2)C1c1ccc(Cl)cc1. The number of nitrogens with zero attached hydrogens (tertiary/aromatic N) is 2. The molecule has 3 aromatic rings. The van der Waals surface area contributed by atoms with Crippen molar-refractivity contribution in [1.82, 2.24) is 9.88 Å². The smallest absolute Gasteiger partial charge is 0.328 e. The normalized spacial score (nSPS) is 20.3. The maximum absolute atomic E-state index is 14.6. The molecule has 4 rings (SSSR count). The van der Waals surface area contributed by atoms with Crippen LogP contribution in [0.25, 0.3) is 0 Å². The summed E-state index contributed by atoms with van der Waals surface area (Å²) in [5.41, 5.74) is 1.95. The van der Waals surface area contributed by atoms with Crippen molar-refractivity contribution >= 4 is 41.0 Å². The molecular weight excluding hydrogens is 567 g/mol. The first kappa shape index (κ1) is 30.5. The Morgan fingerprint density at radius 3 is 2.07 bits per heavy atom. The summed E-state index contributed by atoms with van der Waals surface area (Å²) >= 11 is 12.4.